The van der Waals surface area contributed by atoms with Crippen LogP contribution in [0.1, 0.15) is 31.4 Å². The summed E-state index contributed by atoms with van der Waals surface area (Å²) in [6.07, 6.45) is 0.782. The van der Waals surface area contributed by atoms with Gasteiger partial charge in [0.1, 0.15) is 5.75 Å². The molecule has 3 heterocycles. The molecule has 10 heteroatoms. The zero-order valence-electron chi connectivity index (χ0n) is 20.4. The van der Waals surface area contributed by atoms with E-state index in [4.69, 9.17) is 19.2 Å². The Hall–Kier alpha value is -2.82. The van der Waals surface area contributed by atoms with Crippen molar-refractivity contribution >= 4 is 28.8 Å². The first-order valence-electron chi connectivity index (χ1n) is 11.8. The predicted molar refractivity (Wildman–Crippen MR) is 135 cm³/mol. The van der Waals surface area contributed by atoms with E-state index in [1.807, 2.05) is 41.5 Å². The summed E-state index contributed by atoms with van der Waals surface area (Å²) < 4.78 is 15.8. The van der Waals surface area contributed by atoms with E-state index >= 15 is 0 Å². The lowest BCUT2D eigenvalue weighted by atomic mass is 9.93. The summed E-state index contributed by atoms with van der Waals surface area (Å²) in [7, 11) is 3.00. The third kappa shape index (κ3) is 5.71. The highest BCUT2D eigenvalue weighted by Crippen LogP contribution is 2.45. The molecule has 3 aliphatic heterocycles. The number of nitrogens with one attached hydrogen (secondary N) is 1. The number of hydrogen-bond acceptors (Lipinski definition) is 9. The van der Waals surface area contributed by atoms with E-state index < -0.39 is 12.0 Å². The molecule has 1 amide bonds. The Morgan fingerprint density at radius 3 is 2.60 bits per heavy atom. The summed E-state index contributed by atoms with van der Waals surface area (Å²) in [6, 6.07) is 7.16. The molecular formula is C25H32N4O5S. The van der Waals surface area contributed by atoms with Crippen LogP contribution >= 0.6 is 11.8 Å². The van der Waals surface area contributed by atoms with Gasteiger partial charge in [0.25, 0.3) is 0 Å². The van der Waals surface area contributed by atoms with Gasteiger partial charge in [0.05, 0.1) is 51.2 Å². The Bertz CT molecular complexity index is 1030. The van der Waals surface area contributed by atoms with E-state index in [1.54, 1.807) is 7.11 Å². The van der Waals surface area contributed by atoms with Crippen LogP contribution in [0.3, 0.4) is 0 Å². The Balaban J connectivity index is 1.54. The van der Waals surface area contributed by atoms with Crippen LogP contribution in [-0.4, -0.2) is 80.5 Å². The molecule has 1 atom stereocenters. The lowest BCUT2D eigenvalue weighted by Crippen LogP contribution is -2.42. The van der Waals surface area contributed by atoms with Gasteiger partial charge in [-0.05, 0) is 29.5 Å². The summed E-state index contributed by atoms with van der Waals surface area (Å²) >= 11 is 1.47. The quantitative estimate of drug-likeness (QED) is 0.518. The molecule has 1 aromatic rings. The number of benzene rings is 1. The molecule has 3 aliphatic rings. The van der Waals surface area contributed by atoms with Crippen molar-refractivity contribution in [2.24, 2.45) is 4.99 Å². The van der Waals surface area contributed by atoms with Crippen LogP contribution in [-0.2, 0) is 19.1 Å². The van der Waals surface area contributed by atoms with E-state index in [1.165, 1.54) is 18.9 Å². The number of hydrogen-bond donors (Lipinski definition) is 1. The molecule has 9 nitrogen and oxygen atoms in total. The topological polar surface area (TPSA) is 92.7 Å². The molecule has 0 aromatic heterocycles. The van der Waals surface area contributed by atoms with Gasteiger partial charge in [-0.3, -0.25) is 9.69 Å². The smallest absolute Gasteiger partial charge is 0.338 e. The molecule has 0 saturated carbocycles. The number of amidine groups is 1. The van der Waals surface area contributed by atoms with Gasteiger partial charge >= 0.3 is 5.97 Å². The minimum Gasteiger partial charge on any atom is -0.497 e. The van der Waals surface area contributed by atoms with Crippen LogP contribution in [0.4, 0.5) is 0 Å². The van der Waals surface area contributed by atoms with Crippen LogP contribution in [0.15, 0.2) is 51.6 Å². The maximum Gasteiger partial charge on any atom is 0.338 e. The number of esters is 1. The SMILES string of the molecule is CCC1=C(C(=O)OC)[C@@H](c2ccc(OC)cc2)N2C(CC(=O)NCCN3CCOCC3)=CSC2=N1. The van der Waals surface area contributed by atoms with Crippen molar-refractivity contribution in [2.75, 3.05) is 53.6 Å². The van der Waals surface area contributed by atoms with Crippen molar-refractivity contribution in [3.8, 4) is 5.75 Å². The summed E-state index contributed by atoms with van der Waals surface area (Å²) in [5, 5.41) is 5.73. The van der Waals surface area contributed by atoms with Crippen molar-refractivity contribution < 1.29 is 23.8 Å². The Labute approximate surface area is 210 Å². The first-order chi connectivity index (χ1) is 17.0. The molecule has 1 N–H and O–H groups in total. The first kappa shape index (κ1) is 25.3. The normalized spacial score (nSPS) is 20.2. The molecule has 0 spiro atoms. The predicted octanol–water partition coefficient (Wildman–Crippen LogP) is 2.67. The molecular weight excluding hydrogens is 468 g/mol. The minimum atomic E-state index is -0.446. The van der Waals surface area contributed by atoms with Gasteiger partial charge in [-0.15, -0.1) is 0 Å². The number of thioether (sulfide) groups is 1. The number of nitrogens with zero attached hydrogens (tertiary/aromatic N) is 3. The van der Waals surface area contributed by atoms with Crippen LogP contribution in [0.25, 0.3) is 0 Å². The number of aliphatic imine (C=N–C) groups is 1. The van der Waals surface area contributed by atoms with Crippen molar-refractivity contribution in [2.45, 2.75) is 25.8 Å². The van der Waals surface area contributed by atoms with Crippen LogP contribution in [0.2, 0.25) is 0 Å². The number of rotatable bonds is 9. The first-order valence-corrected chi connectivity index (χ1v) is 12.7. The van der Waals surface area contributed by atoms with Crippen LogP contribution in [0, 0.1) is 0 Å². The number of methoxy groups -OCH3 is 2. The largest absolute Gasteiger partial charge is 0.497 e. The summed E-state index contributed by atoms with van der Waals surface area (Å²) in [4.78, 5) is 34.8. The molecule has 1 saturated heterocycles. The number of amides is 1. The zero-order valence-corrected chi connectivity index (χ0v) is 21.2. The number of fused-ring (bicyclic) bond motifs is 1. The molecule has 188 valence electrons. The Morgan fingerprint density at radius 2 is 1.94 bits per heavy atom. The summed E-state index contributed by atoms with van der Waals surface area (Å²) in [6.45, 7) is 6.58. The number of allylic oxidation sites excluding steroid dienone is 1. The highest BCUT2D eigenvalue weighted by atomic mass is 32.2. The van der Waals surface area contributed by atoms with Gasteiger partial charge in [0.15, 0.2) is 5.17 Å². The second-order valence-electron chi connectivity index (χ2n) is 8.35. The summed E-state index contributed by atoms with van der Waals surface area (Å²) in [5.41, 5.74) is 2.88. The average molecular weight is 501 g/mol. The van der Waals surface area contributed by atoms with E-state index in [2.05, 4.69) is 10.2 Å². The fourth-order valence-corrected chi connectivity index (χ4v) is 5.36. The molecule has 1 fully saturated rings. The van der Waals surface area contributed by atoms with E-state index in [0.29, 0.717) is 24.2 Å². The highest BCUT2D eigenvalue weighted by molar-refractivity contribution is 8.16. The lowest BCUT2D eigenvalue weighted by molar-refractivity contribution is -0.136. The van der Waals surface area contributed by atoms with Gasteiger partial charge in [0, 0.05) is 31.9 Å². The van der Waals surface area contributed by atoms with E-state index in [9.17, 15) is 9.59 Å². The average Bonchev–Trinajstić information content (AvgIpc) is 3.29. The standard InChI is InChI=1S/C25H32N4O5S/c1-4-20-22(24(31)33-3)23(17-5-7-19(32-2)8-6-17)29-18(16-35-25(29)27-20)15-21(30)26-9-10-28-11-13-34-14-12-28/h5-8,16,23H,4,9-15H2,1-3H3,(H,26,30)/t23-/m1/s1. The van der Waals surface area contributed by atoms with Crippen molar-refractivity contribution in [3.05, 3.63) is 52.2 Å². The summed E-state index contributed by atoms with van der Waals surface area (Å²) in [5.74, 6) is 0.241. The number of morpholine rings is 1. The van der Waals surface area contributed by atoms with Gasteiger partial charge < -0.3 is 24.4 Å². The Kier molecular flexibility index (Phi) is 8.48. The number of carbonyl (C=O) groups is 2. The second-order valence-corrected chi connectivity index (χ2v) is 9.19. The third-order valence-corrected chi connectivity index (χ3v) is 7.15. The maximum absolute atomic E-state index is 12.9. The number of carbonyl (C=O) groups excluding carboxylic acids is 2. The van der Waals surface area contributed by atoms with Crippen LogP contribution < -0.4 is 10.1 Å². The highest BCUT2D eigenvalue weighted by Gasteiger charge is 2.41. The minimum absolute atomic E-state index is 0.0651. The van der Waals surface area contributed by atoms with Gasteiger partial charge in [-0.1, -0.05) is 30.8 Å². The molecule has 0 bridgehead atoms. The molecule has 35 heavy (non-hydrogen) atoms. The maximum atomic E-state index is 12.9. The van der Waals surface area contributed by atoms with E-state index in [0.717, 1.165) is 55.0 Å². The number of ether oxygens (including phenoxy) is 3. The van der Waals surface area contributed by atoms with Gasteiger partial charge in [-0.2, -0.15) is 0 Å². The fourth-order valence-electron chi connectivity index (χ4n) is 4.42. The fraction of sp³-hybridized carbons (Fsp3) is 0.480. The van der Waals surface area contributed by atoms with Crippen LogP contribution in [0.5, 0.6) is 5.75 Å². The van der Waals surface area contributed by atoms with Crippen molar-refractivity contribution in [3.63, 3.8) is 0 Å². The molecule has 0 radical (unpaired) electrons. The second kappa shape index (κ2) is 11.7. The zero-order chi connectivity index (χ0) is 24.8. The monoisotopic (exact) mass is 500 g/mol. The van der Waals surface area contributed by atoms with Crippen molar-refractivity contribution in [1.82, 2.24) is 15.1 Å². The molecule has 1 aromatic carbocycles. The third-order valence-electron chi connectivity index (χ3n) is 6.26. The molecule has 4 rings (SSSR count). The molecule has 0 aliphatic carbocycles. The van der Waals surface area contributed by atoms with Crippen molar-refractivity contribution in [1.29, 1.82) is 0 Å². The van der Waals surface area contributed by atoms with E-state index in [-0.39, 0.29) is 12.3 Å². The Morgan fingerprint density at radius 1 is 1.20 bits per heavy atom. The van der Waals surface area contributed by atoms with Gasteiger partial charge in [-0.25, -0.2) is 9.79 Å². The lowest BCUT2D eigenvalue weighted by Gasteiger charge is -2.36. The van der Waals surface area contributed by atoms with Gasteiger partial charge in [0.2, 0.25) is 5.91 Å². The molecule has 0 unspecified atom stereocenters.